The van der Waals surface area contributed by atoms with Crippen molar-refractivity contribution in [2.24, 2.45) is 0 Å². The number of hydrogen-bond acceptors (Lipinski definition) is 4. The van der Waals surface area contributed by atoms with E-state index in [1.54, 1.807) is 6.07 Å². The third kappa shape index (κ3) is 2.22. The molecule has 0 spiro atoms. The second-order valence-electron chi connectivity index (χ2n) is 2.90. The third-order valence-corrected chi connectivity index (χ3v) is 2.90. The fourth-order valence-electron chi connectivity index (χ4n) is 1.18. The quantitative estimate of drug-likeness (QED) is 0.924. The van der Waals surface area contributed by atoms with Gasteiger partial charge in [-0.1, -0.05) is 15.9 Å². The van der Waals surface area contributed by atoms with E-state index < -0.39 is 11.9 Å². The highest BCUT2D eigenvalue weighted by Crippen LogP contribution is 2.25. The van der Waals surface area contributed by atoms with Crippen LogP contribution in [0.4, 0.5) is 4.39 Å². The molecule has 1 atom stereocenters. The molecule has 0 aliphatic heterocycles. The van der Waals surface area contributed by atoms with Gasteiger partial charge < -0.3 is 5.11 Å². The number of hydrogen-bond donors (Lipinski definition) is 1. The average molecular weight is 289 g/mol. The van der Waals surface area contributed by atoms with Gasteiger partial charge in [-0.3, -0.25) is 0 Å². The number of aromatic nitrogens is 2. The second-order valence-corrected chi connectivity index (χ2v) is 4.37. The molecule has 0 amide bonds. The van der Waals surface area contributed by atoms with Crippen LogP contribution in [0.25, 0.3) is 0 Å². The Bertz CT molecular complexity index is 463. The molecule has 1 aromatic heterocycles. The molecule has 2 aromatic rings. The summed E-state index contributed by atoms with van der Waals surface area (Å²) >= 11 is 4.20. The molecule has 78 valence electrons. The summed E-state index contributed by atoms with van der Waals surface area (Å²) in [5.41, 5.74) is 0.550. The topological polar surface area (TPSA) is 46.0 Å². The van der Waals surface area contributed by atoms with Crippen molar-refractivity contribution in [3.8, 4) is 0 Å². The Morgan fingerprint density at radius 3 is 2.93 bits per heavy atom. The van der Waals surface area contributed by atoms with Crippen LogP contribution in [0.1, 0.15) is 17.4 Å². The molecule has 0 aliphatic rings. The van der Waals surface area contributed by atoms with Gasteiger partial charge in [0.2, 0.25) is 0 Å². The summed E-state index contributed by atoms with van der Waals surface area (Å²) in [6, 6.07) is 4.40. The van der Waals surface area contributed by atoms with E-state index in [0.717, 1.165) is 11.7 Å². The lowest BCUT2D eigenvalue weighted by atomic mass is 10.1. The maximum absolute atomic E-state index is 13.4. The summed E-state index contributed by atoms with van der Waals surface area (Å²) in [6.07, 6.45) is 0.358. The van der Waals surface area contributed by atoms with Crippen molar-refractivity contribution in [1.29, 1.82) is 0 Å². The van der Waals surface area contributed by atoms with E-state index in [1.807, 2.05) is 0 Å². The fraction of sp³-hybridized carbons (Fsp3) is 0.111. The predicted octanol–water partition coefficient (Wildman–Crippen LogP) is 2.52. The van der Waals surface area contributed by atoms with Crippen molar-refractivity contribution < 1.29 is 9.50 Å². The Labute approximate surface area is 98.0 Å². The fourth-order valence-corrected chi connectivity index (χ4v) is 2.00. The normalized spacial score (nSPS) is 12.7. The smallest absolute Gasteiger partial charge is 0.129 e. The molecule has 1 unspecified atom stereocenters. The minimum atomic E-state index is -1.07. The van der Waals surface area contributed by atoms with Gasteiger partial charge in [0.1, 0.15) is 17.6 Å². The number of halogens is 2. The molecule has 0 bridgehead atoms. The standard InChI is InChI=1S/C9H6BrFN2OS/c10-5-1-2-7(11)6(3-5)9(14)8-4-12-15-13-8/h1-4,9,14H. The molecule has 0 radical (unpaired) electrons. The Kier molecular flexibility index (Phi) is 3.08. The molecule has 3 nitrogen and oxygen atoms in total. The number of aliphatic hydroxyl groups excluding tert-OH is 1. The van der Waals surface area contributed by atoms with Crippen LogP contribution in [0.3, 0.4) is 0 Å². The first-order valence-corrected chi connectivity index (χ1v) is 5.61. The number of aliphatic hydroxyl groups is 1. The van der Waals surface area contributed by atoms with Crippen LogP contribution in [0.15, 0.2) is 28.9 Å². The molecule has 2 rings (SSSR count). The van der Waals surface area contributed by atoms with Gasteiger partial charge in [-0.25, -0.2) is 4.39 Å². The van der Waals surface area contributed by atoms with Crippen LogP contribution >= 0.6 is 27.7 Å². The highest BCUT2D eigenvalue weighted by molar-refractivity contribution is 9.10. The average Bonchev–Trinajstić information content (AvgIpc) is 2.74. The summed E-state index contributed by atoms with van der Waals surface area (Å²) in [5, 5.41) is 9.83. The second kappa shape index (κ2) is 4.34. The summed E-state index contributed by atoms with van der Waals surface area (Å²) in [7, 11) is 0. The molecule has 0 saturated heterocycles. The first-order valence-electron chi connectivity index (χ1n) is 4.09. The van der Waals surface area contributed by atoms with Crippen LogP contribution in [0, 0.1) is 5.82 Å². The van der Waals surface area contributed by atoms with E-state index in [0.29, 0.717) is 10.2 Å². The molecule has 0 aliphatic carbocycles. The molecule has 6 heteroatoms. The Morgan fingerprint density at radius 1 is 1.47 bits per heavy atom. The number of nitrogens with zero attached hydrogens (tertiary/aromatic N) is 2. The summed E-state index contributed by atoms with van der Waals surface area (Å²) in [6.45, 7) is 0. The molecule has 1 N–H and O–H groups in total. The maximum atomic E-state index is 13.4. The molecule has 1 aromatic carbocycles. The minimum absolute atomic E-state index is 0.192. The lowest BCUT2D eigenvalue weighted by Gasteiger charge is -2.08. The molecule has 0 fully saturated rings. The van der Waals surface area contributed by atoms with Crippen LogP contribution in [0.5, 0.6) is 0 Å². The summed E-state index contributed by atoms with van der Waals surface area (Å²) < 4.78 is 21.7. The van der Waals surface area contributed by atoms with Gasteiger partial charge in [0.25, 0.3) is 0 Å². The first kappa shape index (κ1) is 10.7. The maximum Gasteiger partial charge on any atom is 0.129 e. The van der Waals surface area contributed by atoms with Crippen molar-refractivity contribution >= 4 is 27.7 Å². The monoisotopic (exact) mass is 288 g/mol. The van der Waals surface area contributed by atoms with E-state index in [9.17, 15) is 9.50 Å². The highest BCUT2D eigenvalue weighted by atomic mass is 79.9. The SMILES string of the molecule is OC(c1cnsn1)c1cc(Br)ccc1F. The van der Waals surface area contributed by atoms with Crippen molar-refractivity contribution in [3.05, 3.63) is 45.9 Å². The first-order chi connectivity index (χ1) is 7.18. The van der Waals surface area contributed by atoms with Crippen molar-refractivity contribution in [1.82, 2.24) is 8.75 Å². The number of rotatable bonds is 2. The van der Waals surface area contributed by atoms with Gasteiger partial charge >= 0.3 is 0 Å². The molecule has 15 heavy (non-hydrogen) atoms. The van der Waals surface area contributed by atoms with Crippen molar-refractivity contribution in [3.63, 3.8) is 0 Å². The predicted molar refractivity (Wildman–Crippen MR) is 58.1 cm³/mol. The molecule has 1 heterocycles. The van der Waals surface area contributed by atoms with Gasteiger partial charge in [0.15, 0.2) is 0 Å². The van der Waals surface area contributed by atoms with Crippen LogP contribution in [-0.2, 0) is 0 Å². The lowest BCUT2D eigenvalue weighted by molar-refractivity contribution is 0.211. The zero-order valence-electron chi connectivity index (χ0n) is 7.39. The van der Waals surface area contributed by atoms with Gasteiger partial charge in [-0.05, 0) is 18.2 Å². The highest BCUT2D eigenvalue weighted by Gasteiger charge is 2.17. The zero-order valence-corrected chi connectivity index (χ0v) is 9.80. The van der Waals surface area contributed by atoms with Crippen molar-refractivity contribution in [2.45, 2.75) is 6.10 Å². The Hall–Kier alpha value is -0.850. The van der Waals surface area contributed by atoms with Crippen molar-refractivity contribution in [2.75, 3.05) is 0 Å². The van der Waals surface area contributed by atoms with E-state index >= 15 is 0 Å². The molecular formula is C9H6BrFN2OS. The van der Waals surface area contributed by atoms with E-state index in [4.69, 9.17) is 0 Å². The lowest BCUT2D eigenvalue weighted by Crippen LogP contribution is -2.02. The van der Waals surface area contributed by atoms with Gasteiger partial charge in [0, 0.05) is 10.0 Å². The third-order valence-electron chi connectivity index (χ3n) is 1.91. The van der Waals surface area contributed by atoms with Crippen LogP contribution < -0.4 is 0 Å². The van der Waals surface area contributed by atoms with Crippen LogP contribution in [-0.4, -0.2) is 13.9 Å². The van der Waals surface area contributed by atoms with Gasteiger partial charge in [0.05, 0.1) is 17.9 Å². The summed E-state index contributed by atoms with van der Waals surface area (Å²) in [5.74, 6) is -0.460. The van der Waals surface area contributed by atoms with Gasteiger partial charge in [-0.15, -0.1) is 0 Å². The number of benzene rings is 1. The van der Waals surface area contributed by atoms with E-state index in [2.05, 4.69) is 24.7 Å². The van der Waals surface area contributed by atoms with Crippen LogP contribution in [0.2, 0.25) is 0 Å². The molecule has 0 saturated carbocycles. The zero-order chi connectivity index (χ0) is 10.8. The minimum Gasteiger partial charge on any atom is -0.382 e. The Morgan fingerprint density at radius 2 is 2.27 bits per heavy atom. The van der Waals surface area contributed by atoms with Gasteiger partial charge in [-0.2, -0.15) is 8.75 Å². The van der Waals surface area contributed by atoms with E-state index in [-0.39, 0.29) is 5.56 Å². The Balaban J connectivity index is 2.41. The largest absolute Gasteiger partial charge is 0.382 e. The van der Waals surface area contributed by atoms with E-state index in [1.165, 1.54) is 18.3 Å². The summed E-state index contributed by atoms with van der Waals surface area (Å²) in [4.78, 5) is 0. The molecular weight excluding hydrogens is 283 g/mol.